The van der Waals surface area contributed by atoms with Gasteiger partial charge in [-0.15, -0.1) is 24.0 Å². The summed E-state index contributed by atoms with van der Waals surface area (Å²) in [5, 5.41) is 6.65. The number of halogens is 1. The maximum atomic E-state index is 5.82. The van der Waals surface area contributed by atoms with Crippen LogP contribution in [0.15, 0.2) is 4.99 Å². The first-order valence-electron chi connectivity index (χ1n) is 9.10. The summed E-state index contributed by atoms with van der Waals surface area (Å²) in [5.41, 5.74) is 0. The molecule has 2 N–H and O–H groups in total. The van der Waals surface area contributed by atoms with Crippen molar-refractivity contribution in [1.29, 1.82) is 0 Å². The number of nitrogens with one attached hydrogen (secondary N) is 2. The molecule has 148 valence electrons. The van der Waals surface area contributed by atoms with Gasteiger partial charge in [-0.05, 0) is 26.2 Å². The third-order valence-electron chi connectivity index (χ3n) is 4.21. The number of rotatable bonds is 10. The summed E-state index contributed by atoms with van der Waals surface area (Å²) in [6.07, 6.45) is 3.32. The second-order valence-corrected chi connectivity index (χ2v) is 6.52. The maximum absolute atomic E-state index is 5.82. The van der Waals surface area contributed by atoms with E-state index >= 15 is 0 Å². The molecule has 0 bridgehead atoms. The van der Waals surface area contributed by atoms with E-state index in [4.69, 9.17) is 18.9 Å². The minimum Gasteiger partial charge on any atom is -0.381 e. The number of nitrogens with zero attached hydrogens (tertiary/aromatic N) is 1. The van der Waals surface area contributed by atoms with Gasteiger partial charge < -0.3 is 29.6 Å². The van der Waals surface area contributed by atoms with Crippen LogP contribution in [0.25, 0.3) is 0 Å². The van der Waals surface area contributed by atoms with E-state index in [0.717, 1.165) is 64.8 Å². The Balaban J connectivity index is 0.00000312. The summed E-state index contributed by atoms with van der Waals surface area (Å²) in [6.45, 7) is 8.42. The highest BCUT2D eigenvalue weighted by molar-refractivity contribution is 14.0. The van der Waals surface area contributed by atoms with E-state index in [-0.39, 0.29) is 36.1 Å². The van der Waals surface area contributed by atoms with Crippen molar-refractivity contribution < 1.29 is 18.9 Å². The van der Waals surface area contributed by atoms with Crippen molar-refractivity contribution in [2.75, 3.05) is 59.8 Å². The monoisotopic (exact) mass is 471 g/mol. The lowest BCUT2D eigenvalue weighted by Crippen LogP contribution is -2.44. The molecule has 0 aromatic rings. The molecule has 2 heterocycles. The molecule has 2 aliphatic heterocycles. The van der Waals surface area contributed by atoms with Gasteiger partial charge in [-0.3, -0.25) is 4.99 Å². The molecule has 0 aromatic carbocycles. The van der Waals surface area contributed by atoms with E-state index in [0.29, 0.717) is 19.1 Å². The number of aliphatic imine (C=N–C) groups is 1. The molecule has 2 rings (SSSR count). The second kappa shape index (κ2) is 14.0. The Bertz CT molecular complexity index is 362. The van der Waals surface area contributed by atoms with Crippen molar-refractivity contribution in [3.63, 3.8) is 0 Å². The Kier molecular flexibility index (Phi) is 12.8. The number of ether oxygens (including phenoxy) is 4. The molecular weight excluding hydrogens is 437 g/mol. The van der Waals surface area contributed by atoms with Gasteiger partial charge in [-0.2, -0.15) is 0 Å². The largest absolute Gasteiger partial charge is 0.381 e. The molecule has 2 saturated heterocycles. The molecule has 2 aliphatic rings. The molecule has 8 heteroatoms. The van der Waals surface area contributed by atoms with Crippen LogP contribution in [0, 0.1) is 5.92 Å². The van der Waals surface area contributed by atoms with Gasteiger partial charge in [0.1, 0.15) is 0 Å². The zero-order chi connectivity index (χ0) is 17.0. The zero-order valence-electron chi connectivity index (χ0n) is 15.5. The summed E-state index contributed by atoms with van der Waals surface area (Å²) >= 11 is 0. The van der Waals surface area contributed by atoms with Crippen molar-refractivity contribution in [2.24, 2.45) is 10.9 Å². The fraction of sp³-hybridized carbons (Fsp3) is 0.941. The van der Waals surface area contributed by atoms with Crippen molar-refractivity contribution in [1.82, 2.24) is 10.6 Å². The van der Waals surface area contributed by atoms with Crippen LogP contribution in [0.5, 0.6) is 0 Å². The first-order chi connectivity index (χ1) is 11.8. The van der Waals surface area contributed by atoms with Crippen LogP contribution < -0.4 is 10.6 Å². The van der Waals surface area contributed by atoms with E-state index in [1.54, 1.807) is 7.05 Å². The van der Waals surface area contributed by atoms with Crippen LogP contribution in [-0.2, 0) is 18.9 Å². The summed E-state index contributed by atoms with van der Waals surface area (Å²) in [7, 11) is 1.78. The van der Waals surface area contributed by atoms with E-state index < -0.39 is 0 Å². The Labute approximate surface area is 168 Å². The summed E-state index contributed by atoms with van der Waals surface area (Å²) in [5.74, 6) is 1.39. The van der Waals surface area contributed by atoms with Gasteiger partial charge in [-0.25, -0.2) is 0 Å². The molecule has 0 aliphatic carbocycles. The average Bonchev–Trinajstić information content (AvgIpc) is 3.28. The standard InChI is InChI=1S/C17H33N3O4.HI/c1-14(10-24-16-5-9-23-13-16)20-17(18-2)19-6-3-7-21-11-15-4-8-22-12-15;/h14-16H,3-13H2,1-2H3,(H2,18,19,20);1H. The fourth-order valence-corrected chi connectivity index (χ4v) is 2.74. The number of hydrogen-bond acceptors (Lipinski definition) is 5. The van der Waals surface area contributed by atoms with Crippen LogP contribution >= 0.6 is 24.0 Å². The van der Waals surface area contributed by atoms with Crippen molar-refractivity contribution >= 4 is 29.9 Å². The lowest BCUT2D eigenvalue weighted by Gasteiger charge is -2.19. The van der Waals surface area contributed by atoms with Gasteiger partial charge in [0.2, 0.25) is 0 Å². The second-order valence-electron chi connectivity index (χ2n) is 6.52. The lowest BCUT2D eigenvalue weighted by atomic mass is 10.1. The molecule has 3 atom stereocenters. The molecule has 0 amide bonds. The van der Waals surface area contributed by atoms with Gasteiger partial charge in [0.05, 0.1) is 32.5 Å². The minimum atomic E-state index is 0. The van der Waals surface area contributed by atoms with Crippen molar-refractivity contribution in [3.8, 4) is 0 Å². The normalized spacial score (nSPS) is 24.8. The van der Waals surface area contributed by atoms with Gasteiger partial charge in [0, 0.05) is 45.4 Å². The Hall–Kier alpha value is -0.160. The number of hydrogen-bond donors (Lipinski definition) is 2. The summed E-state index contributed by atoms with van der Waals surface area (Å²) < 4.78 is 22.2. The molecule has 0 saturated carbocycles. The topological polar surface area (TPSA) is 73.3 Å². The smallest absolute Gasteiger partial charge is 0.191 e. The molecule has 25 heavy (non-hydrogen) atoms. The highest BCUT2D eigenvalue weighted by Crippen LogP contribution is 2.12. The van der Waals surface area contributed by atoms with Gasteiger partial charge in [0.25, 0.3) is 0 Å². The quantitative estimate of drug-likeness (QED) is 0.217. The third kappa shape index (κ3) is 9.93. The van der Waals surface area contributed by atoms with Gasteiger partial charge in [0.15, 0.2) is 5.96 Å². The predicted molar refractivity (Wildman–Crippen MR) is 109 cm³/mol. The van der Waals surface area contributed by atoms with E-state index in [1.165, 1.54) is 0 Å². The Morgan fingerprint density at radius 3 is 2.72 bits per heavy atom. The maximum Gasteiger partial charge on any atom is 0.191 e. The third-order valence-corrected chi connectivity index (χ3v) is 4.21. The minimum absolute atomic E-state index is 0. The van der Waals surface area contributed by atoms with Crippen LogP contribution in [-0.4, -0.2) is 77.9 Å². The van der Waals surface area contributed by atoms with Crippen LogP contribution in [0.2, 0.25) is 0 Å². The van der Waals surface area contributed by atoms with E-state index in [2.05, 4.69) is 22.5 Å². The highest BCUT2D eigenvalue weighted by atomic mass is 127. The molecule has 0 spiro atoms. The molecule has 0 aromatic heterocycles. The van der Waals surface area contributed by atoms with Gasteiger partial charge >= 0.3 is 0 Å². The fourth-order valence-electron chi connectivity index (χ4n) is 2.74. The first-order valence-corrected chi connectivity index (χ1v) is 9.10. The van der Waals surface area contributed by atoms with Crippen LogP contribution in [0.1, 0.15) is 26.2 Å². The molecule has 7 nitrogen and oxygen atoms in total. The van der Waals surface area contributed by atoms with Crippen LogP contribution in [0.3, 0.4) is 0 Å². The van der Waals surface area contributed by atoms with Gasteiger partial charge in [-0.1, -0.05) is 0 Å². The first kappa shape index (κ1) is 22.9. The van der Waals surface area contributed by atoms with Crippen LogP contribution in [0.4, 0.5) is 0 Å². The Morgan fingerprint density at radius 2 is 2.04 bits per heavy atom. The summed E-state index contributed by atoms with van der Waals surface area (Å²) in [4.78, 5) is 4.25. The van der Waals surface area contributed by atoms with Crippen molar-refractivity contribution in [3.05, 3.63) is 0 Å². The molecule has 0 radical (unpaired) electrons. The average molecular weight is 471 g/mol. The Morgan fingerprint density at radius 1 is 1.24 bits per heavy atom. The number of guanidine groups is 1. The molecule has 2 fully saturated rings. The lowest BCUT2D eigenvalue weighted by molar-refractivity contribution is 0.0347. The SMILES string of the molecule is CN=C(NCCCOCC1CCOC1)NC(C)COC1CCOC1.I. The van der Waals surface area contributed by atoms with Crippen molar-refractivity contribution in [2.45, 2.75) is 38.3 Å². The molecular formula is C17H34IN3O4. The molecule has 3 unspecified atom stereocenters. The zero-order valence-corrected chi connectivity index (χ0v) is 17.8. The summed E-state index contributed by atoms with van der Waals surface area (Å²) in [6, 6.07) is 0.204. The van der Waals surface area contributed by atoms with E-state index in [1.807, 2.05) is 0 Å². The predicted octanol–water partition coefficient (Wildman–Crippen LogP) is 1.41. The van der Waals surface area contributed by atoms with E-state index in [9.17, 15) is 0 Å². The highest BCUT2D eigenvalue weighted by Gasteiger charge is 2.17.